The Morgan fingerprint density at radius 3 is 2.54 bits per heavy atom. The number of nitrogen functional groups attached to an aromatic ring is 1. The quantitative estimate of drug-likeness (QED) is 0.271. The van der Waals surface area contributed by atoms with Gasteiger partial charge in [0.15, 0.2) is 23.2 Å². The number of fused-ring (bicyclic) bond motifs is 2. The maximum Gasteiger partial charge on any atom is 0.224 e. The van der Waals surface area contributed by atoms with Gasteiger partial charge < -0.3 is 15.5 Å². The molecule has 0 spiro atoms. The molecule has 0 aliphatic heterocycles. The number of benzene rings is 3. The number of halogens is 2. The Balaban J connectivity index is 1.35. The molecule has 5 rings (SSSR count). The number of pyridine rings is 1. The Morgan fingerprint density at radius 2 is 1.73 bits per heavy atom. The summed E-state index contributed by atoms with van der Waals surface area (Å²) < 4.78 is 32.9. The van der Waals surface area contributed by atoms with Crippen molar-refractivity contribution >= 4 is 39.2 Å². The third-order valence-corrected chi connectivity index (χ3v) is 6.30. The molecule has 0 unspecified atom stereocenters. The Bertz CT molecular complexity index is 1600. The summed E-state index contributed by atoms with van der Waals surface area (Å²) >= 11 is 0. The maximum absolute atomic E-state index is 13.8. The summed E-state index contributed by atoms with van der Waals surface area (Å²) in [7, 11) is 0. The van der Waals surface area contributed by atoms with Gasteiger partial charge in [-0.2, -0.15) is 0 Å². The normalized spacial score (nSPS) is 12.1. The minimum atomic E-state index is -1.01. The largest absolute Gasteiger partial charge is 0.453 e. The highest BCUT2D eigenvalue weighted by Gasteiger charge is 2.25. The number of ketones is 1. The fraction of sp³-hybridized carbons (Fsp3) is 0.138. The molecule has 1 atom stereocenters. The number of hydrogen-bond donors (Lipinski definition) is 2. The summed E-state index contributed by atoms with van der Waals surface area (Å²) in [5, 5.41) is 5.35. The number of nitrogens with zero attached hydrogens (tertiary/aromatic N) is 1. The first kappa shape index (κ1) is 24.1. The smallest absolute Gasteiger partial charge is 0.224 e. The Labute approximate surface area is 211 Å². The molecule has 0 aliphatic carbocycles. The number of anilines is 1. The highest BCUT2D eigenvalue weighted by molar-refractivity contribution is 5.99. The molecule has 0 bridgehead atoms. The molecule has 2 heterocycles. The zero-order valence-electron chi connectivity index (χ0n) is 19.7. The fourth-order valence-corrected chi connectivity index (χ4v) is 4.35. The van der Waals surface area contributed by atoms with Crippen LogP contribution >= 0.6 is 0 Å². The number of rotatable bonds is 8. The number of nitrogens with one attached hydrogen (secondary N) is 1. The van der Waals surface area contributed by atoms with Crippen LogP contribution < -0.4 is 11.1 Å². The zero-order chi connectivity index (χ0) is 25.9. The fourth-order valence-electron chi connectivity index (χ4n) is 4.35. The van der Waals surface area contributed by atoms with Gasteiger partial charge in [-0.1, -0.05) is 36.4 Å². The lowest BCUT2D eigenvalue weighted by molar-refractivity contribution is -0.125. The van der Waals surface area contributed by atoms with Gasteiger partial charge in [0.25, 0.3) is 0 Å². The van der Waals surface area contributed by atoms with E-state index in [1.807, 2.05) is 36.4 Å². The van der Waals surface area contributed by atoms with Gasteiger partial charge in [0.2, 0.25) is 5.91 Å². The summed E-state index contributed by atoms with van der Waals surface area (Å²) in [6.07, 6.45) is 1.50. The van der Waals surface area contributed by atoms with Crippen molar-refractivity contribution < 1.29 is 22.8 Å². The van der Waals surface area contributed by atoms with E-state index in [0.717, 1.165) is 33.9 Å². The van der Waals surface area contributed by atoms with Gasteiger partial charge >= 0.3 is 0 Å². The summed E-state index contributed by atoms with van der Waals surface area (Å²) in [5.41, 5.74) is 7.72. The number of carbonyl (C=O) groups is 2. The van der Waals surface area contributed by atoms with Crippen LogP contribution in [0.15, 0.2) is 83.4 Å². The monoisotopic (exact) mass is 499 g/mol. The molecule has 5 aromatic rings. The first-order valence-electron chi connectivity index (χ1n) is 11.7. The summed E-state index contributed by atoms with van der Waals surface area (Å²) in [6.45, 7) is 0.212. The van der Waals surface area contributed by atoms with Crippen molar-refractivity contribution in [1.29, 1.82) is 0 Å². The average molecular weight is 500 g/mol. The molecule has 0 aliphatic rings. The molecule has 6 nitrogen and oxygen atoms in total. The van der Waals surface area contributed by atoms with E-state index in [4.69, 9.17) is 10.2 Å². The lowest BCUT2D eigenvalue weighted by Gasteiger charge is -2.17. The van der Waals surface area contributed by atoms with E-state index in [-0.39, 0.29) is 36.8 Å². The van der Waals surface area contributed by atoms with Crippen LogP contribution in [0.2, 0.25) is 0 Å². The topological polar surface area (TPSA) is 98.2 Å². The van der Waals surface area contributed by atoms with Gasteiger partial charge in [-0.05, 0) is 59.3 Å². The van der Waals surface area contributed by atoms with Crippen molar-refractivity contribution in [3.05, 3.63) is 108 Å². The third-order valence-electron chi connectivity index (χ3n) is 6.30. The van der Waals surface area contributed by atoms with Crippen LogP contribution in [0, 0.1) is 17.6 Å². The second-order valence-corrected chi connectivity index (χ2v) is 8.89. The van der Waals surface area contributed by atoms with Gasteiger partial charge in [0.05, 0.1) is 0 Å². The second-order valence-electron chi connectivity index (χ2n) is 8.89. The van der Waals surface area contributed by atoms with Crippen molar-refractivity contribution in [2.75, 3.05) is 5.73 Å². The Kier molecular flexibility index (Phi) is 6.64. The third kappa shape index (κ3) is 5.33. The molecule has 3 N–H and O–H groups in total. The van der Waals surface area contributed by atoms with Crippen molar-refractivity contribution in [3.63, 3.8) is 0 Å². The summed E-state index contributed by atoms with van der Waals surface area (Å²) in [6, 6.07) is 19.7. The lowest BCUT2D eigenvalue weighted by Crippen LogP contribution is -2.33. The van der Waals surface area contributed by atoms with Gasteiger partial charge in [-0.15, -0.1) is 0 Å². The van der Waals surface area contributed by atoms with Crippen LogP contribution in [0.5, 0.6) is 0 Å². The summed E-state index contributed by atoms with van der Waals surface area (Å²) in [4.78, 5) is 30.4. The van der Waals surface area contributed by atoms with E-state index >= 15 is 0 Å². The average Bonchev–Trinajstić information content (AvgIpc) is 3.34. The molecule has 0 saturated heterocycles. The molecule has 1 amide bonds. The van der Waals surface area contributed by atoms with Crippen molar-refractivity contribution in [1.82, 2.24) is 10.3 Å². The molecule has 0 fully saturated rings. The van der Waals surface area contributed by atoms with Crippen molar-refractivity contribution in [2.45, 2.75) is 19.4 Å². The van der Waals surface area contributed by atoms with Crippen molar-refractivity contribution in [3.8, 4) is 0 Å². The van der Waals surface area contributed by atoms with E-state index in [9.17, 15) is 18.4 Å². The highest BCUT2D eigenvalue weighted by Crippen LogP contribution is 2.24. The van der Waals surface area contributed by atoms with Crippen LogP contribution in [-0.2, 0) is 17.8 Å². The van der Waals surface area contributed by atoms with Crippen LogP contribution in [0.4, 0.5) is 14.6 Å². The zero-order valence-corrected chi connectivity index (χ0v) is 19.7. The Hall–Kier alpha value is -4.59. The minimum Gasteiger partial charge on any atom is -0.453 e. The van der Waals surface area contributed by atoms with Crippen LogP contribution in [0.1, 0.15) is 28.1 Å². The van der Waals surface area contributed by atoms with E-state index in [2.05, 4.69) is 10.3 Å². The van der Waals surface area contributed by atoms with Gasteiger partial charge in [-0.25, -0.2) is 13.8 Å². The first-order valence-corrected chi connectivity index (χ1v) is 11.7. The number of amides is 1. The molecular formula is C29H23F2N3O3. The minimum absolute atomic E-state index is 0.0505. The molecule has 2 aromatic heterocycles. The number of hydrogen-bond acceptors (Lipinski definition) is 5. The van der Waals surface area contributed by atoms with E-state index in [1.165, 1.54) is 6.07 Å². The Morgan fingerprint density at radius 1 is 0.919 bits per heavy atom. The molecular weight excluding hydrogens is 476 g/mol. The van der Waals surface area contributed by atoms with Gasteiger partial charge in [0.1, 0.15) is 11.4 Å². The maximum atomic E-state index is 13.8. The molecule has 37 heavy (non-hydrogen) atoms. The van der Waals surface area contributed by atoms with E-state index in [1.54, 1.807) is 24.4 Å². The number of para-hydroxylation sites is 1. The second kappa shape index (κ2) is 10.2. The van der Waals surface area contributed by atoms with E-state index < -0.39 is 17.6 Å². The molecule has 0 radical (unpaired) electrons. The number of Topliss-reactive ketones (excluding diaryl/α,β-unsaturated/α-hetero) is 1. The van der Waals surface area contributed by atoms with E-state index in [0.29, 0.717) is 17.0 Å². The van der Waals surface area contributed by atoms with Crippen LogP contribution in [-0.4, -0.2) is 16.7 Å². The SMILES string of the molecule is Nc1nccc2cc(CNC(=O)[C@@H](CC(=O)c3cc4ccccc4o3)Cc3ccc(F)c(F)c3)ccc12. The molecule has 0 saturated carbocycles. The van der Waals surface area contributed by atoms with Crippen molar-refractivity contribution in [2.24, 2.45) is 5.92 Å². The first-order chi connectivity index (χ1) is 17.9. The number of nitrogens with two attached hydrogens (primary N) is 1. The van der Waals surface area contributed by atoms with Crippen LogP contribution in [0.25, 0.3) is 21.7 Å². The highest BCUT2D eigenvalue weighted by atomic mass is 19.2. The van der Waals surface area contributed by atoms with Crippen LogP contribution in [0.3, 0.4) is 0 Å². The lowest BCUT2D eigenvalue weighted by atomic mass is 9.92. The standard InChI is InChI=1S/C29H23F2N3O3/c30-23-8-6-17(13-24(23)31)11-21(14-25(35)27-15-20-3-1-2-4-26(20)37-27)29(36)34-16-18-5-7-22-19(12-18)9-10-33-28(22)32/h1-10,12-13,15,21H,11,14,16H2,(H2,32,33)(H,34,36)/t21-/m1/s1. The number of carbonyl (C=O) groups excluding carboxylic acids is 2. The molecule has 3 aromatic carbocycles. The molecule has 8 heteroatoms. The number of aromatic nitrogens is 1. The number of furan rings is 1. The van der Waals surface area contributed by atoms with Gasteiger partial charge in [0, 0.05) is 35.9 Å². The van der Waals surface area contributed by atoms with Gasteiger partial charge in [-0.3, -0.25) is 9.59 Å². The predicted octanol–water partition coefficient (Wildman–Crippen LogP) is 5.59. The molecule has 186 valence electrons. The summed E-state index contributed by atoms with van der Waals surface area (Å²) in [5.74, 6) is -2.99. The predicted molar refractivity (Wildman–Crippen MR) is 137 cm³/mol.